The Kier molecular flexibility index (Phi) is 3.81. The van der Waals surface area contributed by atoms with Crippen molar-refractivity contribution in [2.45, 2.75) is 6.42 Å². The van der Waals surface area contributed by atoms with Crippen LogP contribution in [0.5, 0.6) is 5.75 Å². The fraction of sp³-hybridized carbons (Fsp3) is 0.455. The number of nitrogens with zero attached hydrogens (tertiary/aromatic N) is 1. The number of ether oxygens (including phenoxy) is 1. The summed E-state index contributed by atoms with van der Waals surface area (Å²) in [5.74, 6) is 0.567. The molecule has 0 radical (unpaired) electrons. The summed E-state index contributed by atoms with van der Waals surface area (Å²) in [6.07, 6.45) is 1.03. The van der Waals surface area contributed by atoms with Crippen molar-refractivity contribution < 1.29 is 9.66 Å². The van der Waals surface area contributed by atoms with Gasteiger partial charge in [0, 0.05) is 18.5 Å². The van der Waals surface area contributed by atoms with E-state index in [0.717, 1.165) is 19.5 Å². The Morgan fingerprint density at radius 3 is 3.06 bits per heavy atom. The van der Waals surface area contributed by atoms with E-state index in [-0.39, 0.29) is 16.5 Å². The second-order valence-electron chi connectivity index (χ2n) is 4.02. The molecule has 17 heavy (non-hydrogen) atoms. The summed E-state index contributed by atoms with van der Waals surface area (Å²) in [5, 5.41) is 14.3. The van der Waals surface area contributed by atoms with Gasteiger partial charge in [0.2, 0.25) is 5.75 Å². The maximum absolute atomic E-state index is 10.8. The zero-order chi connectivity index (χ0) is 12.3. The van der Waals surface area contributed by atoms with Crippen LogP contribution in [0.2, 0.25) is 5.02 Å². The average Bonchev–Trinajstić information content (AvgIpc) is 2.80. The largest absolute Gasteiger partial charge is 0.485 e. The van der Waals surface area contributed by atoms with Crippen molar-refractivity contribution in [1.29, 1.82) is 0 Å². The van der Waals surface area contributed by atoms with Crippen molar-refractivity contribution in [2.75, 3.05) is 19.7 Å². The van der Waals surface area contributed by atoms with Gasteiger partial charge in [0.15, 0.2) is 0 Å². The minimum absolute atomic E-state index is 0.0801. The number of para-hydroxylation sites is 1. The average molecular weight is 257 g/mol. The number of nitrogens with one attached hydrogen (secondary N) is 1. The van der Waals surface area contributed by atoms with Crippen LogP contribution in [0.3, 0.4) is 0 Å². The first kappa shape index (κ1) is 12.1. The molecule has 6 heteroatoms. The molecule has 0 spiro atoms. The van der Waals surface area contributed by atoms with Crippen LogP contribution in [0.25, 0.3) is 0 Å². The first-order valence-electron chi connectivity index (χ1n) is 5.45. The third-order valence-corrected chi connectivity index (χ3v) is 3.07. The molecule has 1 heterocycles. The van der Waals surface area contributed by atoms with Gasteiger partial charge in [-0.3, -0.25) is 10.1 Å². The molecule has 0 saturated carbocycles. The molecule has 1 aliphatic heterocycles. The van der Waals surface area contributed by atoms with Crippen LogP contribution in [-0.4, -0.2) is 24.6 Å². The molecule has 1 saturated heterocycles. The van der Waals surface area contributed by atoms with Gasteiger partial charge in [-0.25, -0.2) is 0 Å². The number of rotatable bonds is 4. The van der Waals surface area contributed by atoms with Crippen LogP contribution in [0.1, 0.15) is 6.42 Å². The highest BCUT2D eigenvalue weighted by atomic mass is 35.5. The van der Waals surface area contributed by atoms with E-state index in [9.17, 15) is 10.1 Å². The highest BCUT2D eigenvalue weighted by molar-refractivity contribution is 6.32. The smallest absolute Gasteiger partial charge is 0.312 e. The van der Waals surface area contributed by atoms with Crippen LogP contribution < -0.4 is 10.1 Å². The molecule has 92 valence electrons. The molecule has 0 bridgehead atoms. The molecule has 1 aliphatic rings. The predicted octanol–water partition coefficient (Wildman–Crippen LogP) is 2.24. The monoisotopic (exact) mass is 256 g/mol. The van der Waals surface area contributed by atoms with Gasteiger partial charge in [-0.2, -0.15) is 0 Å². The lowest BCUT2D eigenvalue weighted by atomic mass is 10.1. The Balaban J connectivity index is 2.10. The van der Waals surface area contributed by atoms with Crippen LogP contribution in [0, 0.1) is 16.0 Å². The van der Waals surface area contributed by atoms with Crippen molar-refractivity contribution in [3.8, 4) is 5.75 Å². The fourth-order valence-corrected chi connectivity index (χ4v) is 2.07. The number of hydrogen-bond acceptors (Lipinski definition) is 4. The lowest BCUT2D eigenvalue weighted by Crippen LogP contribution is -2.16. The Morgan fingerprint density at radius 1 is 1.59 bits per heavy atom. The van der Waals surface area contributed by atoms with Gasteiger partial charge in [0.1, 0.15) is 0 Å². The van der Waals surface area contributed by atoms with Crippen LogP contribution in [0.15, 0.2) is 18.2 Å². The second kappa shape index (κ2) is 5.33. The molecular weight excluding hydrogens is 244 g/mol. The summed E-state index contributed by atoms with van der Waals surface area (Å²) in [5.41, 5.74) is -0.0801. The first-order chi connectivity index (χ1) is 8.18. The summed E-state index contributed by atoms with van der Waals surface area (Å²) >= 11 is 5.91. The molecule has 0 amide bonds. The predicted molar refractivity (Wildman–Crippen MR) is 64.6 cm³/mol. The van der Waals surface area contributed by atoms with E-state index < -0.39 is 4.92 Å². The normalized spacial score (nSPS) is 19.2. The molecule has 1 fully saturated rings. The van der Waals surface area contributed by atoms with E-state index in [2.05, 4.69) is 5.32 Å². The Morgan fingerprint density at radius 2 is 2.41 bits per heavy atom. The van der Waals surface area contributed by atoms with Gasteiger partial charge in [-0.1, -0.05) is 17.7 Å². The van der Waals surface area contributed by atoms with Gasteiger partial charge in [-0.15, -0.1) is 0 Å². The third kappa shape index (κ3) is 2.87. The van der Waals surface area contributed by atoms with Crippen LogP contribution >= 0.6 is 11.6 Å². The van der Waals surface area contributed by atoms with E-state index in [1.165, 1.54) is 6.07 Å². The van der Waals surface area contributed by atoms with Crippen molar-refractivity contribution in [1.82, 2.24) is 5.32 Å². The van der Waals surface area contributed by atoms with E-state index >= 15 is 0 Å². The quantitative estimate of drug-likeness (QED) is 0.663. The molecule has 1 N–H and O–H groups in total. The number of benzene rings is 1. The van der Waals surface area contributed by atoms with Crippen molar-refractivity contribution in [2.24, 2.45) is 5.92 Å². The van der Waals surface area contributed by atoms with E-state index in [0.29, 0.717) is 12.5 Å². The topological polar surface area (TPSA) is 64.4 Å². The number of hydrogen-bond donors (Lipinski definition) is 1. The lowest BCUT2D eigenvalue weighted by Gasteiger charge is -2.11. The number of nitro benzene ring substituents is 1. The first-order valence-corrected chi connectivity index (χ1v) is 5.82. The number of nitro groups is 1. The van der Waals surface area contributed by atoms with Crippen LogP contribution in [0.4, 0.5) is 5.69 Å². The third-order valence-electron chi connectivity index (χ3n) is 2.77. The van der Waals surface area contributed by atoms with Gasteiger partial charge < -0.3 is 10.1 Å². The SMILES string of the molecule is O=[N+]([O-])c1cccc(Cl)c1OCC1CCNC1. The molecule has 1 unspecified atom stereocenters. The minimum Gasteiger partial charge on any atom is -0.485 e. The van der Waals surface area contributed by atoms with Crippen molar-refractivity contribution in [3.63, 3.8) is 0 Å². The fourth-order valence-electron chi connectivity index (χ4n) is 1.84. The molecular formula is C11H13ClN2O3. The van der Waals surface area contributed by atoms with Crippen molar-refractivity contribution in [3.05, 3.63) is 33.3 Å². The Bertz CT molecular complexity index is 419. The molecule has 1 aromatic carbocycles. The zero-order valence-electron chi connectivity index (χ0n) is 9.19. The molecule has 2 rings (SSSR count). The molecule has 5 nitrogen and oxygen atoms in total. The summed E-state index contributed by atoms with van der Waals surface area (Å²) in [4.78, 5) is 10.3. The summed E-state index contributed by atoms with van der Waals surface area (Å²) in [7, 11) is 0. The summed E-state index contributed by atoms with van der Waals surface area (Å²) in [6, 6.07) is 4.54. The lowest BCUT2D eigenvalue weighted by molar-refractivity contribution is -0.385. The van der Waals surface area contributed by atoms with Crippen molar-refractivity contribution >= 4 is 17.3 Å². The maximum atomic E-state index is 10.8. The summed E-state index contributed by atoms with van der Waals surface area (Å²) in [6.45, 7) is 2.31. The van der Waals surface area contributed by atoms with Crippen LogP contribution in [-0.2, 0) is 0 Å². The highest BCUT2D eigenvalue weighted by Crippen LogP contribution is 2.34. The second-order valence-corrected chi connectivity index (χ2v) is 4.42. The van der Waals surface area contributed by atoms with E-state index in [1.54, 1.807) is 12.1 Å². The van der Waals surface area contributed by atoms with Gasteiger partial charge >= 0.3 is 5.69 Å². The number of halogens is 1. The molecule has 1 atom stereocenters. The molecule has 0 aliphatic carbocycles. The van der Waals surface area contributed by atoms with E-state index in [4.69, 9.17) is 16.3 Å². The Labute approximate surface area is 104 Å². The molecule has 1 aromatic rings. The van der Waals surface area contributed by atoms with Gasteiger partial charge in [0.05, 0.1) is 16.6 Å². The minimum atomic E-state index is -0.478. The van der Waals surface area contributed by atoms with E-state index in [1.807, 2.05) is 0 Å². The van der Waals surface area contributed by atoms with Gasteiger partial charge in [0.25, 0.3) is 0 Å². The van der Waals surface area contributed by atoms with Gasteiger partial charge in [-0.05, 0) is 19.0 Å². The zero-order valence-corrected chi connectivity index (χ0v) is 9.94. The summed E-state index contributed by atoms with van der Waals surface area (Å²) < 4.78 is 5.50. The standard InChI is InChI=1S/C11H13ClN2O3/c12-9-2-1-3-10(14(15)16)11(9)17-7-8-4-5-13-6-8/h1-3,8,13H,4-7H2. The Hall–Kier alpha value is -1.33. The maximum Gasteiger partial charge on any atom is 0.312 e. The molecule has 0 aromatic heterocycles. The highest BCUT2D eigenvalue weighted by Gasteiger charge is 2.21.